The molecule has 0 aliphatic rings. The number of unbranched alkanes of at least 4 members (excludes halogenated alkanes) is 21. The summed E-state index contributed by atoms with van der Waals surface area (Å²) in [5, 5.41) is 0. The van der Waals surface area contributed by atoms with Gasteiger partial charge in [-0.15, -0.1) is 0 Å². The molecule has 0 amide bonds. The summed E-state index contributed by atoms with van der Waals surface area (Å²) in [7, 11) is 0. The molecule has 0 saturated heterocycles. The average molecular weight is 757 g/mol. The molecule has 0 aromatic rings. The van der Waals surface area contributed by atoms with E-state index in [-0.39, 0.29) is 37.5 Å². The van der Waals surface area contributed by atoms with Crippen LogP contribution in [0, 0.1) is 0 Å². The van der Waals surface area contributed by atoms with Crippen molar-refractivity contribution in [3.63, 3.8) is 0 Å². The van der Waals surface area contributed by atoms with Crippen molar-refractivity contribution in [1.29, 1.82) is 0 Å². The Kier molecular flexibility index (Phi) is 41.0. The molecule has 0 aliphatic carbocycles. The fourth-order valence-electron chi connectivity index (χ4n) is 6.16. The molecule has 0 spiro atoms. The minimum atomic E-state index is -0.792. The SMILES string of the molecule is CC/C=C\C/C=C\C/C=C\CCCC(=O)OCC(COC(=O)CCCCCCCCCCCCCCC)OC(=O)CCCCCCC/C=C\CCCCC. The second-order valence-corrected chi connectivity index (χ2v) is 14.9. The third-order valence-corrected chi connectivity index (χ3v) is 9.57. The molecule has 0 radical (unpaired) electrons. The first-order chi connectivity index (χ1) is 26.5. The lowest BCUT2D eigenvalue weighted by molar-refractivity contribution is -0.167. The summed E-state index contributed by atoms with van der Waals surface area (Å²) in [6.07, 6.45) is 49.6. The highest BCUT2D eigenvalue weighted by Gasteiger charge is 2.19. The summed E-state index contributed by atoms with van der Waals surface area (Å²) in [6.45, 7) is 6.43. The molecule has 0 aliphatic heterocycles. The van der Waals surface area contributed by atoms with Crippen LogP contribution in [0.15, 0.2) is 48.6 Å². The van der Waals surface area contributed by atoms with Crippen LogP contribution in [-0.4, -0.2) is 37.2 Å². The van der Waals surface area contributed by atoms with Crippen LogP contribution in [0.25, 0.3) is 0 Å². The molecule has 1 atom stereocenters. The molecule has 0 saturated carbocycles. The Morgan fingerprint density at radius 1 is 0.389 bits per heavy atom. The number of carbonyl (C=O) groups excluding carboxylic acids is 3. The molecule has 312 valence electrons. The topological polar surface area (TPSA) is 78.9 Å². The van der Waals surface area contributed by atoms with E-state index in [2.05, 4.69) is 69.4 Å². The smallest absolute Gasteiger partial charge is 0.306 e. The largest absolute Gasteiger partial charge is 0.462 e. The van der Waals surface area contributed by atoms with Gasteiger partial charge in [-0.3, -0.25) is 14.4 Å². The normalized spacial score (nSPS) is 12.4. The molecule has 0 heterocycles. The Morgan fingerprint density at radius 3 is 1.26 bits per heavy atom. The van der Waals surface area contributed by atoms with Crippen LogP contribution in [0.2, 0.25) is 0 Å². The van der Waals surface area contributed by atoms with Gasteiger partial charge in [0.2, 0.25) is 0 Å². The molecule has 0 fully saturated rings. The third kappa shape index (κ3) is 40.6. The van der Waals surface area contributed by atoms with Crippen molar-refractivity contribution in [1.82, 2.24) is 0 Å². The predicted molar refractivity (Wildman–Crippen MR) is 229 cm³/mol. The maximum Gasteiger partial charge on any atom is 0.306 e. The lowest BCUT2D eigenvalue weighted by atomic mass is 10.0. The molecular formula is C48H84O6. The van der Waals surface area contributed by atoms with E-state index in [9.17, 15) is 14.4 Å². The van der Waals surface area contributed by atoms with Gasteiger partial charge in [-0.05, 0) is 70.6 Å². The van der Waals surface area contributed by atoms with E-state index in [1.54, 1.807) is 0 Å². The van der Waals surface area contributed by atoms with Crippen molar-refractivity contribution < 1.29 is 28.6 Å². The highest BCUT2D eigenvalue weighted by atomic mass is 16.6. The van der Waals surface area contributed by atoms with E-state index in [0.717, 1.165) is 77.0 Å². The number of ether oxygens (including phenoxy) is 3. The standard InChI is InChI=1S/C48H84O6/c1-4-7-10-13-16-19-22-24-27-29-32-35-38-41-47(50)53-44-45(43-52-46(49)40-37-34-31-28-25-21-18-15-12-9-6-3)54-48(51)42-39-36-33-30-26-23-20-17-14-11-8-5-2/h9,12,17-18,20-21,28,31,45H,4-8,10-11,13-16,19,22-27,29-30,32-44H2,1-3H3/b12-9-,20-17-,21-18-,31-28-. The van der Waals surface area contributed by atoms with Crippen LogP contribution in [0.3, 0.4) is 0 Å². The van der Waals surface area contributed by atoms with Gasteiger partial charge in [0.15, 0.2) is 6.10 Å². The predicted octanol–water partition coefficient (Wildman–Crippen LogP) is 14.4. The quantitative estimate of drug-likeness (QED) is 0.0268. The summed E-state index contributed by atoms with van der Waals surface area (Å²) >= 11 is 0. The van der Waals surface area contributed by atoms with Crippen LogP contribution in [-0.2, 0) is 28.6 Å². The molecule has 1 unspecified atom stereocenters. The first-order valence-electron chi connectivity index (χ1n) is 22.6. The van der Waals surface area contributed by atoms with Crippen LogP contribution in [0.1, 0.15) is 220 Å². The first kappa shape index (κ1) is 51.4. The van der Waals surface area contributed by atoms with Crippen LogP contribution >= 0.6 is 0 Å². The fourth-order valence-corrected chi connectivity index (χ4v) is 6.16. The molecule has 0 N–H and O–H groups in total. The minimum absolute atomic E-state index is 0.0905. The molecule has 6 heteroatoms. The van der Waals surface area contributed by atoms with Gasteiger partial charge < -0.3 is 14.2 Å². The van der Waals surface area contributed by atoms with E-state index in [0.29, 0.717) is 19.3 Å². The average Bonchev–Trinajstić information content (AvgIpc) is 3.17. The Balaban J connectivity index is 4.43. The van der Waals surface area contributed by atoms with Crippen LogP contribution in [0.4, 0.5) is 0 Å². The van der Waals surface area contributed by atoms with Gasteiger partial charge in [-0.25, -0.2) is 0 Å². The fraction of sp³-hybridized carbons (Fsp3) is 0.771. The number of hydrogen-bond acceptors (Lipinski definition) is 6. The van der Waals surface area contributed by atoms with E-state index in [1.165, 1.54) is 96.3 Å². The number of esters is 3. The Labute approximate surface area is 333 Å². The van der Waals surface area contributed by atoms with E-state index < -0.39 is 6.10 Å². The molecule has 0 aromatic carbocycles. The van der Waals surface area contributed by atoms with E-state index >= 15 is 0 Å². The molecule has 54 heavy (non-hydrogen) atoms. The molecule has 0 aromatic heterocycles. The second kappa shape index (κ2) is 43.1. The number of rotatable bonds is 40. The van der Waals surface area contributed by atoms with Crippen molar-refractivity contribution >= 4 is 17.9 Å². The van der Waals surface area contributed by atoms with Crippen molar-refractivity contribution in [2.75, 3.05) is 13.2 Å². The van der Waals surface area contributed by atoms with E-state index in [4.69, 9.17) is 14.2 Å². The lowest BCUT2D eigenvalue weighted by Gasteiger charge is -2.18. The molecular weight excluding hydrogens is 673 g/mol. The maximum atomic E-state index is 12.7. The highest BCUT2D eigenvalue weighted by Crippen LogP contribution is 2.14. The minimum Gasteiger partial charge on any atom is -0.462 e. The van der Waals surface area contributed by atoms with Gasteiger partial charge in [0.1, 0.15) is 13.2 Å². The van der Waals surface area contributed by atoms with Crippen LogP contribution < -0.4 is 0 Å². The molecule has 6 nitrogen and oxygen atoms in total. The van der Waals surface area contributed by atoms with Gasteiger partial charge in [-0.2, -0.15) is 0 Å². The summed E-state index contributed by atoms with van der Waals surface area (Å²) in [5.74, 6) is -0.958. The molecule has 0 bridgehead atoms. The lowest BCUT2D eigenvalue weighted by Crippen LogP contribution is -2.30. The Hall–Kier alpha value is -2.63. The van der Waals surface area contributed by atoms with Crippen molar-refractivity contribution in [3.8, 4) is 0 Å². The first-order valence-corrected chi connectivity index (χ1v) is 22.6. The zero-order chi connectivity index (χ0) is 39.4. The second-order valence-electron chi connectivity index (χ2n) is 14.9. The Morgan fingerprint density at radius 2 is 0.741 bits per heavy atom. The third-order valence-electron chi connectivity index (χ3n) is 9.57. The molecule has 0 rings (SSSR count). The Bertz CT molecular complexity index is 964. The summed E-state index contributed by atoms with van der Waals surface area (Å²) in [6, 6.07) is 0. The van der Waals surface area contributed by atoms with Gasteiger partial charge in [-0.1, -0.05) is 179 Å². The monoisotopic (exact) mass is 757 g/mol. The van der Waals surface area contributed by atoms with Crippen molar-refractivity contribution in [3.05, 3.63) is 48.6 Å². The number of allylic oxidation sites excluding steroid dienone is 8. The van der Waals surface area contributed by atoms with Gasteiger partial charge >= 0.3 is 17.9 Å². The van der Waals surface area contributed by atoms with Crippen LogP contribution in [0.5, 0.6) is 0 Å². The number of carbonyl (C=O) groups is 3. The zero-order valence-corrected chi connectivity index (χ0v) is 35.5. The van der Waals surface area contributed by atoms with E-state index in [1.807, 2.05) is 0 Å². The van der Waals surface area contributed by atoms with Gasteiger partial charge in [0.25, 0.3) is 0 Å². The summed E-state index contributed by atoms with van der Waals surface area (Å²) in [5.41, 5.74) is 0. The zero-order valence-electron chi connectivity index (χ0n) is 35.5. The van der Waals surface area contributed by atoms with Gasteiger partial charge in [0.05, 0.1) is 0 Å². The van der Waals surface area contributed by atoms with Crippen molar-refractivity contribution in [2.45, 2.75) is 226 Å². The van der Waals surface area contributed by atoms with Gasteiger partial charge in [0, 0.05) is 19.3 Å². The highest BCUT2D eigenvalue weighted by molar-refractivity contribution is 5.71. The van der Waals surface area contributed by atoms with Crippen molar-refractivity contribution in [2.24, 2.45) is 0 Å². The summed E-state index contributed by atoms with van der Waals surface area (Å²) in [4.78, 5) is 37.7. The maximum absolute atomic E-state index is 12.7. The number of hydrogen-bond donors (Lipinski definition) is 0. The summed E-state index contributed by atoms with van der Waals surface area (Å²) < 4.78 is 16.6.